The lowest BCUT2D eigenvalue weighted by molar-refractivity contribution is 0.00578. The third-order valence-electron chi connectivity index (χ3n) is 4.91. The lowest BCUT2D eigenvalue weighted by Gasteiger charge is -2.32. The van der Waals surface area contributed by atoms with Crippen LogP contribution in [-0.2, 0) is 9.31 Å². The van der Waals surface area contributed by atoms with Crippen molar-refractivity contribution in [2.75, 3.05) is 17.6 Å². The summed E-state index contributed by atoms with van der Waals surface area (Å²) in [6, 6.07) is 6.12. The van der Waals surface area contributed by atoms with Gasteiger partial charge in [0.1, 0.15) is 5.75 Å². The molecule has 1 aliphatic carbocycles. The van der Waals surface area contributed by atoms with Gasteiger partial charge in [-0.05, 0) is 64.7 Å². The number of nitrogens with one attached hydrogen (secondary N) is 1. The van der Waals surface area contributed by atoms with Crippen molar-refractivity contribution in [3.8, 4) is 5.75 Å². The molecule has 1 aromatic rings. The lowest BCUT2D eigenvalue weighted by atomic mass is 9.78. The highest BCUT2D eigenvalue weighted by Gasteiger charge is 2.52. The Labute approximate surface area is 143 Å². The van der Waals surface area contributed by atoms with Crippen molar-refractivity contribution in [2.24, 2.45) is 5.92 Å². The van der Waals surface area contributed by atoms with Crippen LogP contribution in [0.25, 0.3) is 0 Å². The average Bonchev–Trinajstić information content (AvgIpc) is 3.25. The molecule has 1 saturated heterocycles. The van der Waals surface area contributed by atoms with Crippen LogP contribution in [0.1, 0.15) is 40.5 Å². The standard InChI is InChI=1S/C17H26BNO3S/c1-16(2)17(3,4)22-18(21-16)14-10-13(19-23-5)8-9-15(14)20-11-12-6-7-12/h8-10,12,19H,6-7,11H2,1-5H3. The molecule has 3 rings (SSSR count). The number of hydrogen-bond acceptors (Lipinski definition) is 5. The SMILES string of the molecule is CSNc1ccc(OCC2CC2)c(B2OC(C)(C)C(C)(C)O2)c1. The number of benzene rings is 1. The van der Waals surface area contributed by atoms with Crippen LogP contribution in [0.15, 0.2) is 18.2 Å². The highest BCUT2D eigenvalue weighted by molar-refractivity contribution is 7.99. The van der Waals surface area contributed by atoms with E-state index in [0.29, 0.717) is 5.92 Å². The van der Waals surface area contributed by atoms with E-state index in [1.165, 1.54) is 12.8 Å². The van der Waals surface area contributed by atoms with Crippen molar-refractivity contribution in [1.29, 1.82) is 0 Å². The molecule has 2 aliphatic rings. The molecular weight excluding hydrogens is 309 g/mol. The maximum absolute atomic E-state index is 6.21. The summed E-state index contributed by atoms with van der Waals surface area (Å²) in [4.78, 5) is 0. The quantitative estimate of drug-likeness (QED) is 0.637. The second-order valence-electron chi connectivity index (χ2n) is 7.40. The van der Waals surface area contributed by atoms with Crippen molar-refractivity contribution in [3.63, 3.8) is 0 Å². The maximum Gasteiger partial charge on any atom is 0.498 e. The van der Waals surface area contributed by atoms with Gasteiger partial charge in [-0.3, -0.25) is 0 Å². The zero-order valence-electron chi connectivity index (χ0n) is 14.6. The molecule has 126 valence electrons. The van der Waals surface area contributed by atoms with Gasteiger partial charge >= 0.3 is 7.12 Å². The predicted molar refractivity (Wildman–Crippen MR) is 97.5 cm³/mol. The molecule has 23 heavy (non-hydrogen) atoms. The van der Waals surface area contributed by atoms with E-state index in [-0.39, 0.29) is 11.2 Å². The van der Waals surface area contributed by atoms with E-state index in [0.717, 1.165) is 23.5 Å². The van der Waals surface area contributed by atoms with Gasteiger partial charge < -0.3 is 18.8 Å². The van der Waals surface area contributed by atoms with Gasteiger partial charge in [0.2, 0.25) is 0 Å². The van der Waals surface area contributed by atoms with Crippen LogP contribution in [0.4, 0.5) is 5.69 Å². The number of anilines is 1. The fourth-order valence-corrected chi connectivity index (χ4v) is 2.87. The lowest BCUT2D eigenvalue weighted by Crippen LogP contribution is -2.41. The van der Waals surface area contributed by atoms with Crippen molar-refractivity contribution in [2.45, 2.75) is 51.7 Å². The van der Waals surface area contributed by atoms with Crippen LogP contribution in [0.5, 0.6) is 5.75 Å². The minimum Gasteiger partial charge on any atom is -0.494 e. The Morgan fingerprint density at radius 1 is 1.22 bits per heavy atom. The van der Waals surface area contributed by atoms with E-state index < -0.39 is 7.12 Å². The summed E-state index contributed by atoms with van der Waals surface area (Å²) in [5, 5.41) is 0. The Morgan fingerprint density at radius 3 is 2.43 bits per heavy atom. The molecular formula is C17H26BNO3S. The minimum absolute atomic E-state index is 0.353. The smallest absolute Gasteiger partial charge is 0.494 e. The van der Waals surface area contributed by atoms with Gasteiger partial charge in [0.15, 0.2) is 0 Å². The van der Waals surface area contributed by atoms with Gasteiger partial charge in [0, 0.05) is 17.4 Å². The van der Waals surface area contributed by atoms with E-state index in [1.807, 2.05) is 18.4 Å². The Bertz CT molecular complexity index is 559. The van der Waals surface area contributed by atoms with Gasteiger partial charge in [0.25, 0.3) is 0 Å². The molecule has 2 fully saturated rings. The molecule has 0 bridgehead atoms. The van der Waals surface area contributed by atoms with Gasteiger partial charge in [0.05, 0.1) is 17.8 Å². The Kier molecular flexibility index (Phi) is 4.60. The van der Waals surface area contributed by atoms with Gasteiger partial charge in [-0.25, -0.2) is 0 Å². The summed E-state index contributed by atoms with van der Waals surface area (Å²) in [5.74, 6) is 1.58. The zero-order valence-corrected chi connectivity index (χ0v) is 15.5. The normalized spacial score (nSPS) is 22.2. The summed E-state index contributed by atoms with van der Waals surface area (Å²) in [6.07, 6.45) is 4.56. The van der Waals surface area contributed by atoms with Crippen molar-refractivity contribution < 1.29 is 14.0 Å². The molecule has 1 saturated carbocycles. The Morgan fingerprint density at radius 2 is 1.87 bits per heavy atom. The summed E-state index contributed by atoms with van der Waals surface area (Å²) in [6.45, 7) is 9.06. The van der Waals surface area contributed by atoms with Gasteiger partial charge in [-0.15, -0.1) is 0 Å². The molecule has 6 heteroatoms. The fraction of sp³-hybridized carbons (Fsp3) is 0.647. The largest absolute Gasteiger partial charge is 0.498 e. The molecule has 0 aromatic heterocycles. The molecule has 1 heterocycles. The zero-order chi connectivity index (χ0) is 16.7. The van der Waals surface area contributed by atoms with Crippen LogP contribution >= 0.6 is 11.9 Å². The van der Waals surface area contributed by atoms with Crippen LogP contribution in [0, 0.1) is 5.92 Å². The number of ether oxygens (including phenoxy) is 1. The molecule has 0 radical (unpaired) electrons. The average molecular weight is 335 g/mol. The van der Waals surface area contributed by atoms with Crippen molar-refractivity contribution >= 4 is 30.2 Å². The first-order valence-corrected chi connectivity index (χ1v) is 9.46. The summed E-state index contributed by atoms with van der Waals surface area (Å²) in [7, 11) is -0.405. The monoisotopic (exact) mass is 335 g/mol. The Balaban J connectivity index is 1.86. The minimum atomic E-state index is -0.405. The van der Waals surface area contributed by atoms with Gasteiger partial charge in [-0.1, -0.05) is 11.9 Å². The molecule has 4 nitrogen and oxygen atoms in total. The predicted octanol–water partition coefficient (Wildman–Crippen LogP) is 3.46. The summed E-state index contributed by atoms with van der Waals surface area (Å²) < 4.78 is 21.7. The van der Waals surface area contributed by atoms with Crippen molar-refractivity contribution in [3.05, 3.63) is 18.2 Å². The first kappa shape index (κ1) is 17.0. The summed E-state index contributed by atoms with van der Waals surface area (Å²) in [5.41, 5.74) is 1.28. The number of rotatable bonds is 6. The fourth-order valence-electron chi connectivity index (χ4n) is 2.51. The molecule has 0 amide bonds. The molecule has 1 N–H and O–H groups in total. The van der Waals surface area contributed by atoms with E-state index in [2.05, 4.69) is 38.5 Å². The van der Waals surface area contributed by atoms with Crippen LogP contribution in [0.3, 0.4) is 0 Å². The molecule has 0 atom stereocenters. The highest BCUT2D eigenvalue weighted by atomic mass is 32.2. The van der Waals surface area contributed by atoms with Crippen LogP contribution in [0.2, 0.25) is 0 Å². The second kappa shape index (κ2) is 6.23. The molecule has 0 spiro atoms. The topological polar surface area (TPSA) is 39.7 Å². The third kappa shape index (κ3) is 3.64. The maximum atomic E-state index is 6.21. The molecule has 1 aromatic carbocycles. The molecule has 1 aliphatic heterocycles. The van der Waals surface area contributed by atoms with E-state index in [1.54, 1.807) is 11.9 Å². The van der Waals surface area contributed by atoms with Crippen LogP contribution in [-0.4, -0.2) is 31.2 Å². The first-order valence-electron chi connectivity index (χ1n) is 8.24. The van der Waals surface area contributed by atoms with E-state index >= 15 is 0 Å². The van der Waals surface area contributed by atoms with Gasteiger partial charge in [-0.2, -0.15) is 0 Å². The summed E-state index contributed by atoms with van der Waals surface area (Å²) >= 11 is 1.57. The van der Waals surface area contributed by atoms with Crippen molar-refractivity contribution in [1.82, 2.24) is 0 Å². The Hall–Kier alpha value is -0.845. The van der Waals surface area contributed by atoms with E-state index in [4.69, 9.17) is 14.0 Å². The van der Waals surface area contributed by atoms with Crippen LogP contribution < -0.4 is 14.9 Å². The highest BCUT2D eigenvalue weighted by Crippen LogP contribution is 2.37. The third-order valence-corrected chi connectivity index (χ3v) is 5.35. The second-order valence-corrected chi connectivity index (χ2v) is 8.01. The first-order chi connectivity index (χ1) is 10.8. The molecule has 0 unspecified atom stereocenters. The number of hydrogen-bond donors (Lipinski definition) is 1. The van der Waals surface area contributed by atoms with E-state index in [9.17, 15) is 0 Å².